The Bertz CT molecular complexity index is 564. The SMILES string of the molecule is Nc1ccnc(Nc2ccc(N3CCOCC3)cc2)c1. The highest BCUT2D eigenvalue weighted by atomic mass is 16.5. The van der Waals surface area contributed by atoms with Gasteiger partial charge in [0.2, 0.25) is 0 Å². The van der Waals surface area contributed by atoms with E-state index in [1.54, 1.807) is 12.3 Å². The largest absolute Gasteiger partial charge is 0.399 e. The lowest BCUT2D eigenvalue weighted by Crippen LogP contribution is -2.36. The van der Waals surface area contributed by atoms with E-state index in [2.05, 4.69) is 39.5 Å². The highest BCUT2D eigenvalue weighted by molar-refractivity contribution is 5.62. The first-order chi connectivity index (χ1) is 9.81. The Kier molecular flexibility index (Phi) is 3.69. The first-order valence-electron chi connectivity index (χ1n) is 6.72. The number of nitrogens with one attached hydrogen (secondary N) is 1. The normalized spacial score (nSPS) is 15.1. The monoisotopic (exact) mass is 270 g/mol. The number of anilines is 4. The van der Waals surface area contributed by atoms with Crippen molar-refractivity contribution in [1.82, 2.24) is 4.98 Å². The van der Waals surface area contributed by atoms with Crippen molar-refractivity contribution in [2.45, 2.75) is 0 Å². The van der Waals surface area contributed by atoms with Crippen LogP contribution in [-0.2, 0) is 4.74 Å². The lowest BCUT2D eigenvalue weighted by atomic mass is 10.2. The Morgan fingerprint density at radius 1 is 1.10 bits per heavy atom. The first kappa shape index (κ1) is 12.7. The van der Waals surface area contributed by atoms with E-state index in [1.807, 2.05) is 6.07 Å². The van der Waals surface area contributed by atoms with Gasteiger partial charge in [-0.05, 0) is 30.3 Å². The number of pyridine rings is 1. The molecule has 2 aromatic rings. The van der Waals surface area contributed by atoms with Gasteiger partial charge in [-0.1, -0.05) is 0 Å². The molecule has 20 heavy (non-hydrogen) atoms. The first-order valence-corrected chi connectivity index (χ1v) is 6.72. The smallest absolute Gasteiger partial charge is 0.132 e. The lowest BCUT2D eigenvalue weighted by Gasteiger charge is -2.28. The van der Waals surface area contributed by atoms with Gasteiger partial charge in [-0.3, -0.25) is 0 Å². The summed E-state index contributed by atoms with van der Waals surface area (Å²) in [4.78, 5) is 6.55. The average molecular weight is 270 g/mol. The van der Waals surface area contributed by atoms with Gasteiger partial charge in [0, 0.05) is 42.4 Å². The molecule has 0 atom stereocenters. The van der Waals surface area contributed by atoms with E-state index >= 15 is 0 Å². The van der Waals surface area contributed by atoms with Crippen LogP contribution in [0.3, 0.4) is 0 Å². The Morgan fingerprint density at radius 2 is 1.85 bits per heavy atom. The molecule has 3 rings (SSSR count). The molecule has 0 saturated carbocycles. The lowest BCUT2D eigenvalue weighted by molar-refractivity contribution is 0.122. The fourth-order valence-electron chi connectivity index (χ4n) is 2.24. The summed E-state index contributed by atoms with van der Waals surface area (Å²) in [6.07, 6.45) is 1.69. The Morgan fingerprint density at radius 3 is 2.55 bits per heavy atom. The third-order valence-electron chi connectivity index (χ3n) is 3.30. The number of hydrogen-bond donors (Lipinski definition) is 2. The molecule has 1 aromatic carbocycles. The summed E-state index contributed by atoms with van der Waals surface area (Å²) in [5, 5.41) is 3.24. The zero-order valence-electron chi connectivity index (χ0n) is 11.2. The highest BCUT2D eigenvalue weighted by Crippen LogP contribution is 2.21. The van der Waals surface area contributed by atoms with Crippen LogP contribution in [0, 0.1) is 0 Å². The Labute approximate surface area is 118 Å². The van der Waals surface area contributed by atoms with Gasteiger partial charge in [0.25, 0.3) is 0 Å². The molecule has 0 aliphatic carbocycles. The van der Waals surface area contributed by atoms with Crippen molar-refractivity contribution in [3.63, 3.8) is 0 Å². The maximum Gasteiger partial charge on any atom is 0.132 e. The van der Waals surface area contributed by atoms with Gasteiger partial charge in [-0.15, -0.1) is 0 Å². The van der Waals surface area contributed by atoms with Gasteiger partial charge in [-0.2, -0.15) is 0 Å². The van der Waals surface area contributed by atoms with Gasteiger partial charge in [0.15, 0.2) is 0 Å². The molecule has 0 unspecified atom stereocenters. The summed E-state index contributed by atoms with van der Waals surface area (Å²) >= 11 is 0. The molecule has 104 valence electrons. The third-order valence-corrected chi connectivity index (χ3v) is 3.30. The van der Waals surface area contributed by atoms with E-state index in [9.17, 15) is 0 Å². The molecule has 5 heteroatoms. The molecule has 1 aromatic heterocycles. The molecule has 3 N–H and O–H groups in total. The van der Waals surface area contributed by atoms with E-state index in [4.69, 9.17) is 10.5 Å². The Balaban J connectivity index is 1.69. The van der Waals surface area contributed by atoms with Gasteiger partial charge in [-0.25, -0.2) is 4.98 Å². The number of morpholine rings is 1. The number of rotatable bonds is 3. The van der Waals surface area contributed by atoms with Crippen molar-refractivity contribution in [3.05, 3.63) is 42.6 Å². The Hall–Kier alpha value is -2.27. The quantitative estimate of drug-likeness (QED) is 0.895. The molecule has 1 aliphatic heterocycles. The van der Waals surface area contributed by atoms with Crippen LogP contribution in [0.25, 0.3) is 0 Å². The van der Waals surface area contributed by atoms with E-state index in [1.165, 1.54) is 5.69 Å². The fourth-order valence-corrected chi connectivity index (χ4v) is 2.24. The molecule has 1 aliphatic rings. The zero-order chi connectivity index (χ0) is 13.8. The molecule has 0 spiro atoms. The summed E-state index contributed by atoms with van der Waals surface area (Å²) in [5.41, 5.74) is 8.66. The van der Waals surface area contributed by atoms with E-state index < -0.39 is 0 Å². The van der Waals surface area contributed by atoms with Crippen LogP contribution < -0.4 is 16.0 Å². The zero-order valence-corrected chi connectivity index (χ0v) is 11.2. The van der Waals surface area contributed by atoms with E-state index in [-0.39, 0.29) is 0 Å². The average Bonchev–Trinajstić information content (AvgIpc) is 2.49. The molecule has 0 radical (unpaired) electrons. The second-order valence-corrected chi connectivity index (χ2v) is 4.75. The second kappa shape index (κ2) is 5.79. The molecule has 1 saturated heterocycles. The van der Waals surface area contributed by atoms with Crippen molar-refractivity contribution >= 4 is 22.9 Å². The molecule has 1 fully saturated rings. The van der Waals surface area contributed by atoms with Gasteiger partial charge in [0.1, 0.15) is 5.82 Å². The summed E-state index contributed by atoms with van der Waals surface area (Å²) in [6.45, 7) is 3.49. The van der Waals surface area contributed by atoms with Gasteiger partial charge >= 0.3 is 0 Å². The molecular formula is C15H18N4O. The standard InChI is InChI=1S/C15H18N4O/c16-12-5-6-17-15(11-12)18-13-1-3-14(4-2-13)19-7-9-20-10-8-19/h1-6,11H,7-10H2,(H3,16,17,18). The van der Waals surface area contributed by atoms with Crippen molar-refractivity contribution in [1.29, 1.82) is 0 Å². The fraction of sp³-hybridized carbons (Fsp3) is 0.267. The number of nitrogens with zero attached hydrogens (tertiary/aromatic N) is 2. The van der Waals surface area contributed by atoms with Crippen LogP contribution in [0.4, 0.5) is 22.9 Å². The van der Waals surface area contributed by atoms with Crippen LogP contribution in [0.2, 0.25) is 0 Å². The van der Waals surface area contributed by atoms with Gasteiger partial charge in [0.05, 0.1) is 13.2 Å². The predicted molar refractivity (Wildman–Crippen MR) is 81.4 cm³/mol. The minimum Gasteiger partial charge on any atom is -0.399 e. The van der Waals surface area contributed by atoms with Crippen LogP contribution in [0.15, 0.2) is 42.6 Å². The molecule has 5 nitrogen and oxygen atoms in total. The van der Waals surface area contributed by atoms with Gasteiger partial charge < -0.3 is 20.7 Å². The van der Waals surface area contributed by atoms with Crippen LogP contribution in [-0.4, -0.2) is 31.3 Å². The predicted octanol–water partition coefficient (Wildman–Crippen LogP) is 2.24. The van der Waals surface area contributed by atoms with Crippen LogP contribution in [0.1, 0.15) is 0 Å². The summed E-state index contributed by atoms with van der Waals surface area (Å²) < 4.78 is 5.36. The summed E-state index contributed by atoms with van der Waals surface area (Å²) in [6, 6.07) is 11.9. The molecular weight excluding hydrogens is 252 g/mol. The van der Waals surface area contributed by atoms with E-state index in [0.29, 0.717) is 5.69 Å². The van der Waals surface area contributed by atoms with Crippen molar-refractivity contribution in [3.8, 4) is 0 Å². The third kappa shape index (κ3) is 3.00. The van der Waals surface area contributed by atoms with Crippen molar-refractivity contribution < 1.29 is 4.74 Å². The number of nitrogen functional groups attached to an aromatic ring is 1. The van der Waals surface area contributed by atoms with Crippen LogP contribution in [0.5, 0.6) is 0 Å². The minimum atomic E-state index is 0.701. The summed E-state index contributed by atoms with van der Waals surface area (Å²) in [7, 11) is 0. The second-order valence-electron chi connectivity index (χ2n) is 4.75. The number of nitrogens with two attached hydrogens (primary N) is 1. The molecule has 0 bridgehead atoms. The molecule has 0 amide bonds. The van der Waals surface area contributed by atoms with Crippen molar-refractivity contribution in [2.24, 2.45) is 0 Å². The maximum absolute atomic E-state index is 5.74. The minimum absolute atomic E-state index is 0.701. The maximum atomic E-state index is 5.74. The highest BCUT2D eigenvalue weighted by Gasteiger charge is 2.10. The van der Waals surface area contributed by atoms with Crippen molar-refractivity contribution in [2.75, 3.05) is 42.3 Å². The van der Waals surface area contributed by atoms with E-state index in [0.717, 1.165) is 37.8 Å². The summed E-state index contributed by atoms with van der Waals surface area (Å²) in [5.74, 6) is 0.754. The number of aromatic nitrogens is 1. The number of ether oxygens (including phenoxy) is 1. The number of benzene rings is 1. The molecule has 2 heterocycles. The number of hydrogen-bond acceptors (Lipinski definition) is 5. The van der Waals surface area contributed by atoms with Crippen LogP contribution >= 0.6 is 0 Å². The topological polar surface area (TPSA) is 63.4 Å².